The number of allylic oxidation sites excluding steroid dienone is 5. The quantitative estimate of drug-likeness (QED) is 0.323. The Morgan fingerprint density at radius 2 is 1.82 bits per heavy atom. The lowest BCUT2D eigenvalue weighted by molar-refractivity contribution is 0.418. The number of aromatic amines is 1. The second-order valence-corrected chi connectivity index (χ2v) is 10.3. The number of H-pyrrole nitrogens is 1. The molecule has 2 heterocycles. The number of alkyl halides is 1. The van der Waals surface area contributed by atoms with E-state index in [4.69, 9.17) is 4.74 Å². The van der Waals surface area contributed by atoms with Gasteiger partial charge in [-0.2, -0.15) is 0 Å². The molecule has 1 aromatic carbocycles. The van der Waals surface area contributed by atoms with Gasteiger partial charge in [0.15, 0.2) is 0 Å². The van der Waals surface area contributed by atoms with Crippen LogP contribution in [-0.4, -0.2) is 29.9 Å². The van der Waals surface area contributed by atoms with Gasteiger partial charge in [-0.15, -0.1) is 0 Å². The number of hydrogen-bond acceptors (Lipinski definition) is 4. The van der Waals surface area contributed by atoms with Gasteiger partial charge in [-0.1, -0.05) is 52.7 Å². The van der Waals surface area contributed by atoms with Crippen LogP contribution in [0.4, 0.5) is 10.1 Å². The Kier molecular flexibility index (Phi) is 11.6. The molecule has 1 aliphatic rings. The summed E-state index contributed by atoms with van der Waals surface area (Å²) < 4.78 is 48.2. The molecule has 0 radical (unpaired) electrons. The SMILES string of the molecule is CC.CCCC.CCS(=O)(=O)Nc1ccc(OC2=CC(F)C=CC=C2)c(-c2cn(C)c(=O)c3[nH]ccc23)c1.[HH].[HH]. The number of hydrogen-bond donors (Lipinski definition) is 2. The molecule has 2 aromatic heterocycles. The van der Waals surface area contributed by atoms with Crippen molar-refractivity contribution in [1.29, 1.82) is 0 Å². The Labute approximate surface area is 227 Å². The zero-order chi connectivity index (χ0) is 28.3. The van der Waals surface area contributed by atoms with Gasteiger partial charge in [0.1, 0.15) is 23.2 Å². The van der Waals surface area contributed by atoms with Crippen molar-refractivity contribution >= 4 is 26.6 Å². The molecule has 1 aliphatic carbocycles. The Bertz CT molecular complexity index is 1480. The summed E-state index contributed by atoms with van der Waals surface area (Å²) in [5.74, 6) is 0.613. The van der Waals surface area contributed by atoms with E-state index in [-0.39, 0.29) is 14.2 Å². The highest BCUT2D eigenvalue weighted by molar-refractivity contribution is 7.92. The predicted octanol–water partition coefficient (Wildman–Crippen LogP) is 7.35. The van der Waals surface area contributed by atoms with Crippen molar-refractivity contribution in [3.8, 4) is 16.9 Å². The van der Waals surface area contributed by atoms with Crippen molar-refractivity contribution < 1.29 is 20.4 Å². The van der Waals surface area contributed by atoms with Gasteiger partial charge in [-0.3, -0.25) is 9.52 Å². The van der Waals surface area contributed by atoms with Crippen LogP contribution in [0.3, 0.4) is 0 Å². The predicted molar refractivity (Wildman–Crippen MR) is 160 cm³/mol. The van der Waals surface area contributed by atoms with Gasteiger partial charge in [-0.25, -0.2) is 12.8 Å². The number of anilines is 1. The fraction of sp³-hybridized carbons (Fsp3) is 0.345. The Morgan fingerprint density at radius 3 is 2.47 bits per heavy atom. The first-order valence-corrected chi connectivity index (χ1v) is 14.5. The van der Waals surface area contributed by atoms with E-state index in [2.05, 4.69) is 23.6 Å². The highest BCUT2D eigenvalue weighted by Gasteiger charge is 2.17. The van der Waals surface area contributed by atoms with Crippen LogP contribution in [0.1, 0.15) is 50.3 Å². The number of rotatable bonds is 7. The van der Waals surface area contributed by atoms with Crippen LogP contribution in [0.15, 0.2) is 77.6 Å². The molecule has 0 saturated carbocycles. The smallest absolute Gasteiger partial charge is 0.274 e. The van der Waals surface area contributed by atoms with Gasteiger partial charge in [0.05, 0.1) is 5.75 Å². The lowest BCUT2D eigenvalue weighted by atomic mass is 10.0. The first-order valence-electron chi connectivity index (χ1n) is 12.9. The largest absolute Gasteiger partial charge is 0.457 e. The molecular weight excluding hydrogens is 505 g/mol. The van der Waals surface area contributed by atoms with Crippen LogP contribution in [0, 0.1) is 0 Å². The molecular formula is C29H42FN3O4S. The monoisotopic (exact) mass is 547 g/mol. The Morgan fingerprint density at radius 1 is 1.11 bits per heavy atom. The molecule has 0 fully saturated rings. The van der Waals surface area contributed by atoms with Crippen molar-refractivity contribution in [2.75, 3.05) is 10.5 Å². The Balaban J connectivity index is 0.00000175. The van der Waals surface area contributed by atoms with Crippen LogP contribution < -0.4 is 15.0 Å². The lowest BCUT2D eigenvalue weighted by Crippen LogP contribution is -2.17. The molecule has 0 saturated heterocycles. The van der Waals surface area contributed by atoms with Crippen molar-refractivity contribution in [3.05, 3.63) is 83.2 Å². The molecule has 0 aliphatic heterocycles. The van der Waals surface area contributed by atoms with Gasteiger partial charge >= 0.3 is 0 Å². The number of fused-ring (bicyclic) bond motifs is 1. The van der Waals surface area contributed by atoms with Gasteiger partial charge in [0, 0.05) is 44.5 Å². The van der Waals surface area contributed by atoms with Gasteiger partial charge < -0.3 is 14.3 Å². The van der Waals surface area contributed by atoms with Crippen molar-refractivity contribution in [2.45, 2.75) is 53.6 Å². The maximum absolute atomic E-state index is 14.0. The van der Waals surface area contributed by atoms with E-state index in [1.165, 1.54) is 29.6 Å². The van der Waals surface area contributed by atoms with Crippen LogP contribution in [0.25, 0.3) is 22.0 Å². The summed E-state index contributed by atoms with van der Waals surface area (Å²) >= 11 is 0. The number of nitrogens with one attached hydrogen (secondary N) is 2. The summed E-state index contributed by atoms with van der Waals surface area (Å²) in [4.78, 5) is 15.4. The average Bonchev–Trinajstić information content (AvgIpc) is 3.32. The van der Waals surface area contributed by atoms with E-state index >= 15 is 0 Å². The highest BCUT2D eigenvalue weighted by atomic mass is 32.2. The highest BCUT2D eigenvalue weighted by Crippen LogP contribution is 2.37. The third-order valence-corrected chi connectivity index (χ3v) is 6.84. The molecule has 7 nitrogen and oxygen atoms in total. The first kappa shape index (κ1) is 30.6. The molecule has 1 atom stereocenters. The molecule has 2 N–H and O–H groups in total. The van der Waals surface area contributed by atoms with Crippen LogP contribution >= 0.6 is 0 Å². The molecule has 210 valence electrons. The fourth-order valence-electron chi connectivity index (χ4n) is 3.41. The van der Waals surface area contributed by atoms with E-state index in [9.17, 15) is 17.6 Å². The van der Waals surface area contributed by atoms with Crippen molar-refractivity contribution in [2.24, 2.45) is 7.05 Å². The molecule has 1 unspecified atom stereocenters. The minimum absolute atomic E-state index is 0. The average molecular weight is 548 g/mol. The second kappa shape index (κ2) is 14.4. The Hall–Kier alpha value is -3.59. The molecule has 0 spiro atoms. The number of pyridine rings is 1. The number of aromatic nitrogens is 2. The van der Waals surface area contributed by atoms with Gasteiger partial charge in [0.2, 0.25) is 10.0 Å². The first-order chi connectivity index (χ1) is 18.2. The zero-order valence-electron chi connectivity index (χ0n) is 22.9. The summed E-state index contributed by atoms with van der Waals surface area (Å²) in [7, 11) is -1.87. The van der Waals surface area contributed by atoms with Crippen molar-refractivity contribution in [3.63, 3.8) is 0 Å². The number of halogens is 1. The van der Waals surface area contributed by atoms with Gasteiger partial charge in [0.25, 0.3) is 5.56 Å². The molecule has 9 heteroatoms. The summed E-state index contributed by atoms with van der Waals surface area (Å²) in [6.07, 6.45) is 12.3. The summed E-state index contributed by atoms with van der Waals surface area (Å²) in [5.41, 5.74) is 1.77. The number of ether oxygens (including phenoxy) is 1. The number of aryl methyl sites for hydroxylation is 1. The van der Waals surface area contributed by atoms with E-state index in [1.807, 2.05) is 13.8 Å². The summed E-state index contributed by atoms with van der Waals surface area (Å²) in [6, 6.07) is 6.60. The fourth-order valence-corrected chi connectivity index (χ4v) is 4.04. The molecule has 4 rings (SSSR count). The number of nitrogens with zero attached hydrogens (tertiary/aromatic N) is 1. The third kappa shape index (κ3) is 7.95. The summed E-state index contributed by atoms with van der Waals surface area (Å²) in [5, 5.41) is 0.656. The van der Waals surface area contributed by atoms with E-state index in [0.717, 1.165) is 0 Å². The number of unbranched alkanes of at least 4 members (excludes halogenated alkanes) is 1. The standard InChI is InChI=1S/C23H22FN3O4S.C4H10.C2H6.2H2/c1-3-32(29,30)26-16-8-9-21(31-17-7-5-4-6-15(24)12-17)19(13-16)20-14-27(2)23(28)22-18(20)10-11-25-22;1-3-4-2;1-2;;/h4-15,25-26H,3H2,1-2H3;3-4H2,1-2H3;1-2H3;2*1H. The minimum Gasteiger partial charge on any atom is -0.457 e. The minimum atomic E-state index is -3.50. The number of benzene rings is 1. The van der Waals surface area contributed by atoms with Crippen molar-refractivity contribution in [1.82, 2.24) is 9.55 Å². The summed E-state index contributed by atoms with van der Waals surface area (Å²) in [6.45, 7) is 9.91. The third-order valence-electron chi connectivity index (χ3n) is 5.54. The molecule has 0 amide bonds. The van der Waals surface area contributed by atoms with E-state index < -0.39 is 16.2 Å². The maximum atomic E-state index is 14.0. The molecule has 38 heavy (non-hydrogen) atoms. The second-order valence-electron chi connectivity index (χ2n) is 8.30. The zero-order valence-corrected chi connectivity index (χ0v) is 23.7. The topological polar surface area (TPSA) is 93.2 Å². The maximum Gasteiger partial charge on any atom is 0.274 e. The van der Waals surface area contributed by atoms with Crippen LogP contribution in [-0.2, 0) is 17.1 Å². The van der Waals surface area contributed by atoms with E-state index in [0.29, 0.717) is 39.2 Å². The van der Waals surface area contributed by atoms with Crippen LogP contribution in [0.5, 0.6) is 5.75 Å². The normalized spacial score (nSPS) is 14.5. The number of sulfonamides is 1. The lowest BCUT2D eigenvalue weighted by Gasteiger charge is -2.16. The van der Waals surface area contributed by atoms with Gasteiger partial charge in [-0.05, 0) is 49.4 Å². The molecule has 0 bridgehead atoms. The van der Waals surface area contributed by atoms with E-state index in [1.54, 1.807) is 68.9 Å². The molecule has 3 aromatic rings. The van der Waals surface area contributed by atoms with Crippen LogP contribution in [0.2, 0.25) is 0 Å².